The molecule has 3 atom stereocenters. The molecule has 28 heavy (non-hydrogen) atoms. The number of benzene rings is 1. The fourth-order valence-corrected chi connectivity index (χ4v) is 5.31. The van der Waals surface area contributed by atoms with Gasteiger partial charge >= 0.3 is 6.09 Å². The summed E-state index contributed by atoms with van der Waals surface area (Å²) >= 11 is 0. The van der Waals surface area contributed by atoms with E-state index in [2.05, 4.69) is 30.4 Å². The number of cyclic esters (lactones) is 1. The molecule has 2 saturated heterocycles. The molecule has 3 aliphatic rings. The number of rotatable bonds is 4. The van der Waals surface area contributed by atoms with E-state index in [1.54, 1.807) is 0 Å². The van der Waals surface area contributed by atoms with E-state index < -0.39 is 0 Å². The van der Waals surface area contributed by atoms with Gasteiger partial charge in [0, 0.05) is 18.9 Å². The first-order valence-corrected chi connectivity index (χ1v) is 11.4. The van der Waals surface area contributed by atoms with Gasteiger partial charge in [-0.3, -0.25) is 0 Å². The highest BCUT2D eigenvalue weighted by Gasteiger charge is 2.39. The van der Waals surface area contributed by atoms with Gasteiger partial charge in [-0.25, -0.2) is 4.79 Å². The van der Waals surface area contributed by atoms with Gasteiger partial charge in [-0.15, -0.1) is 0 Å². The summed E-state index contributed by atoms with van der Waals surface area (Å²) in [6, 6.07) is 7.02. The summed E-state index contributed by atoms with van der Waals surface area (Å²) in [4.78, 5) is 11.6. The molecule has 1 N–H and O–H groups in total. The molecule has 2 aliphatic heterocycles. The van der Waals surface area contributed by atoms with Crippen molar-refractivity contribution < 1.29 is 14.3 Å². The molecular weight excluding hydrogens is 350 g/mol. The topological polar surface area (TPSA) is 47.6 Å². The van der Waals surface area contributed by atoms with Crippen molar-refractivity contribution in [3.63, 3.8) is 0 Å². The Hall–Kier alpha value is -1.55. The zero-order valence-electron chi connectivity index (χ0n) is 17.3. The van der Waals surface area contributed by atoms with Gasteiger partial charge < -0.3 is 14.8 Å². The third kappa shape index (κ3) is 4.53. The van der Waals surface area contributed by atoms with Crippen LogP contribution >= 0.6 is 0 Å². The van der Waals surface area contributed by atoms with Gasteiger partial charge in [0.1, 0.15) is 0 Å². The first kappa shape index (κ1) is 19.8. The van der Waals surface area contributed by atoms with Crippen LogP contribution in [0.3, 0.4) is 0 Å². The lowest BCUT2D eigenvalue weighted by Gasteiger charge is -2.44. The van der Waals surface area contributed by atoms with Crippen molar-refractivity contribution in [2.45, 2.75) is 95.2 Å². The smallest absolute Gasteiger partial charge is 0.407 e. The predicted octanol–water partition coefficient (Wildman–Crippen LogP) is 5.28. The third-order valence-corrected chi connectivity index (χ3v) is 6.94. The number of nitrogens with one attached hydrogen (secondary N) is 1. The quantitative estimate of drug-likeness (QED) is 0.767. The van der Waals surface area contributed by atoms with E-state index in [-0.39, 0.29) is 11.7 Å². The molecule has 2 unspecified atom stereocenters. The number of ether oxygens (including phenoxy) is 2. The molecule has 0 aromatic heterocycles. The van der Waals surface area contributed by atoms with Crippen LogP contribution in [0.25, 0.3) is 0 Å². The van der Waals surface area contributed by atoms with Crippen molar-refractivity contribution in [3.8, 4) is 0 Å². The summed E-state index contributed by atoms with van der Waals surface area (Å²) in [7, 11) is 0. The number of fused-ring (bicyclic) bond motifs is 1. The van der Waals surface area contributed by atoms with Crippen molar-refractivity contribution in [1.29, 1.82) is 0 Å². The highest BCUT2D eigenvalue weighted by molar-refractivity contribution is 5.67. The molecule has 4 nitrogen and oxygen atoms in total. The van der Waals surface area contributed by atoms with Gasteiger partial charge in [-0.05, 0) is 68.1 Å². The standard InChI is InChI=1S/C24H35NO3/c1-2-3-7-22-8-4-12-24(28-22)13-11-19-15-18(9-10-20(19)16-24)21-6-5-14-27-23(26)25-17-21/h9-10,15,21-22H,2-8,11-14,16-17H2,1H3,(H,25,26)/t21-,22?,24?/m0/s1. The molecule has 4 rings (SSSR count). The first-order chi connectivity index (χ1) is 13.7. The van der Waals surface area contributed by atoms with Gasteiger partial charge in [-0.1, -0.05) is 38.0 Å². The number of carbonyl (C=O) groups is 1. The molecule has 2 heterocycles. The average molecular weight is 386 g/mol. The summed E-state index contributed by atoms with van der Waals surface area (Å²) in [5.41, 5.74) is 4.41. The number of carbonyl (C=O) groups excluding carboxylic acids is 1. The highest BCUT2D eigenvalue weighted by atomic mass is 16.5. The molecule has 1 spiro atoms. The maximum Gasteiger partial charge on any atom is 0.407 e. The Morgan fingerprint density at radius 1 is 1.18 bits per heavy atom. The maximum atomic E-state index is 11.6. The van der Waals surface area contributed by atoms with Gasteiger partial charge in [0.15, 0.2) is 0 Å². The molecular formula is C24H35NO3. The fraction of sp³-hybridized carbons (Fsp3) is 0.708. The summed E-state index contributed by atoms with van der Waals surface area (Å²) in [6.45, 7) is 3.46. The number of aryl methyl sites for hydroxylation is 1. The largest absolute Gasteiger partial charge is 0.450 e. The predicted molar refractivity (Wildman–Crippen MR) is 111 cm³/mol. The minimum Gasteiger partial charge on any atom is -0.450 e. The van der Waals surface area contributed by atoms with E-state index in [1.165, 1.54) is 55.2 Å². The van der Waals surface area contributed by atoms with Gasteiger partial charge in [-0.2, -0.15) is 0 Å². The maximum absolute atomic E-state index is 11.6. The number of hydrogen-bond acceptors (Lipinski definition) is 3. The van der Waals surface area contributed by atoms with Crippen LogP contribution in [-0.2, 0) is 22.3 Å². The number of unbranched alkanes of at least 4 members (excludes halogenated alkanes) is 1. The minimum atomic E-state index is -0.281. The van der Waals surface area contributed by atoms with E-state index in [1.807, 2.05) is 0 Å². The van der Waals surface area contributed by atoms with Crippen LogP contribution in [0, 0.1) is 0 Å². The molecule has 0 radical (unpaired) electrons. The molecule has 0 saturated carbocycles. The van der Waals surface area contributed by atoms with Gasteiger partial charge in [0.05, 0.1) is 18.3 Å². The van der Waals surface area contributed by atoms with Crippen molar-refractivity contribution in [1.82, 2.24) is 5.32 Å². The molecule has 1 amide bonds. The van der Waals surface area contributed by atoms with Crippen molar-refractivity contribution >= 4 is 6.09 Å². The molecule has 1 aromatic rings. The van der Waals surface area contributed by atoms with Gasteiger partial charge in [0.25, 0.3) is 0 Å². The van der Waals surface area contributed by atoms with Crippen LogP contribution in [-0.4, -0.2) is 30.9 Å². The molecule has 2 fully saturated rings. The Bertz CT molecular complexity index is 688. The second kappa shape index (κ2) is 8.86. The van der Waals surface area contributed by atoms with Crippen molar-refractivity contribution in [2.75, 3.05) is 13.2 Å². The zero-order chi connectivity index (χ0) is 19.4. The number of hydrogen-bond donors (Lipinski definition) is 1. The average Bonchev–Trinajstić information content (AvgIpc) is 2.69. The molecule has 1 aromatic carbocycles. The van der Waals surface area contributed by atoms with E-state index >= 15 is 0 Å². The second-order valence-corrected chi connectivity index (χ2v) is 9.02. The second-order valence-electron chi connectivity index (χ2n) is 9.02. The van der Waals surface area contributed by atoms with E-state index in [4.69, 9.17) is 9.47 Å². The lowest BCUT2D eigenvalue weighted by molar-refractivity contribution is -0.137. The van der Waals surface area contributed by atoms with Crippen LogP contribution in [0.15, 0.2) is 18.2 Å². The number of amides is 1. The molecule has 4 heteroatoms. The Morgan fingerprint density at radius 2 is 2.11 bits per heavy atom. The van der Waals surface area contributed by atoms with Crippen LogP contribution in [0.1, 0.15) is 87.3 Å². The lowest BCUT2D eigenvalue weighted by atomic mass is 9.75. The van der Waals surface area contributed by atoms with E-state index in [0.29, 0.717) is 25.2 Å². The minimum absolute atomic E-state index is 0.0801. The van der Waals surface area contributed by atoms with Crippen LogP contribution in [0.5, 0.6) is 0 Å². The Balaban J connectivity index is 1.44. The Morgan fingerprint density at radius 3 is 3.00 bits per heavy atom. The normalized spacial score (nSPS) is 30.7. The van der Waals surface area contributed by atoms with E-state index in [9.17, 15) is 4.79 Å². The third-order valence-electron chi connectivity index (χ3n) is 6.94. The first-order valence-electron chi connectivity index (χ1n) is 11.4. The van der Waals surface area contributed by atoms with E-state index in [0.717, 1.165) is 32.1 Å². The van der Waals surface area contributed by atoms with Gasteiger partial charge in [0.2, 0.25) is 0 Å². The SMILES string of the molecule is CCCCC1CCCC2(CCc3cc([C@H]4CCCOC(=O)NC4)ccc3C2)O1. The summed E-state index contributed by atoms with van der Waals surface area (Å²) in [5.74, 6) is 0.387. The lowest BCUT2D eigenvalue weighted by Crippen LogP contribution is -2.45. The van der Waals surface area contributed by atoms with Crippen LogP contribution in [0.2, 0.25) is 0 Å². The monoisotopic (exact) mass is 385 g/mol. The van der Waals surface area contributed by atoms with Crippen LogP contribution in [0.4, 0.5) is 4.79 Å². The zero-order valence-corrected chi connectivity index (χ0v) is 17.3. The summed E-state index contributed by atoms with van der Waals surface area (Å²) in [6.07, 6.45) is 13.1. The Labute approximate surface area is 169 Å². The summed E-state index contributed by atoms with van der Waals surface area (Å²) in [5, 5.41) is 2.90. The van der Waals surface area contributed by atoms with Crippen LogP contribution < -0.4 is 5.32 Å². The number of alkyl carbamates (subject to hydrolysis) is 1. The molecule has 0 bridgehead atoms. The fourth-order valence-electron chi connectivity index (χ4n) is 5.31. The highest BCUT2D eigenvalue weighted by Crippen LogP contribution is 2.41. The Kier molecular flexibility index (Phi) is 6.25. The van der Waals surface area contributed by atoms with Crippen molar-refractivity contribution in [2.24, 2.45) is 0 Å². The van der Waals surface area contributed by atoms with Crippen molar-refractivity contribution in [3.05, 3.63) is 34.9 Å². The molecule has 154 valence electrons. The summed E-state index contributed by atoms with van der Waals surface area (Å²) < 4.78 is 11.8. The molecule has 1 aliphatic carbocycles.